The Balaban J connectivity index is 1.71. The van der Waals surface area contributed by atoms with E-state index < -0.39 is 0 Å². The van der Waals surface area contributed by atoms with Gasteiger partial charge in [0.2, 0.25) is 0 Å². The van der Waals surface area contributed by atoms with Gasteiger partial charge in [-0.25, -0.2) is 0 Å². The van der Waals surface area contributed by atoms with Crippen molar-refractivity contribution in [3.05, 3.63) is 48.0 Å². The lowest BCUT2D eigenvalue weighted by Crippen LogP contribution is -2.16. The fraction of sp³-hybridized carbons (Fsp3) is 0.429. The van der Waals surface area contributed by atoms with Crippen molar-refractivity contribution in [3.63, 3.8) is 0 Å². The first-order chi connectivity index (χ1) is 7.84. The van der Waals surface area contributed by atoms with Crippen molar-refractivity contribution in [2.24, 2.45) is 5.92 Å². The standard InChI is InChI=1S/C14H18O2/c15-14-8-6-13(7-9-14)11-16-10-12-4-2-1-3-5-12/h1-6,8,13-15H,7,9-11H2/t13-,14+/m1/s1. The molecule has 2 atom stereocenters. The molecule has 1 aliphatic rings. The zero-order chi connectivity index (χ0) is 11.2. The molecular weight excluding hydrogens is 200 g/mol. The van der Waals surface area contributed by atoms with Gasteiger partial charge in [0.15, 0.2) is 0 Å². The predicted molar refractivity (Wildman–Crippen MR) is 64.0 cm³/mol. The molecule has 0 fully saturated rings. The molecule has 1 aromatic carbocycles. The number of hydrogen-bond acceptors (Lipinski definition) is 2. The first-order valence-corrected chi connectivity index (χ1v) is 5.82. The molecule has 0 aliphatic heterocycles. The highest BCUT2D eigenvalue weighted by Crippen LogP contribution is 2.18. The molecule has 0 heterocycles. The molecule has 1 N–H and O–H groups in total. The number of rotatable bonds is 4. The monoisotopic (exact) mass is 218 g/mol. The maximum atomic E-state index is 9.30. The molecule has 2 nitrogen and oxygen atoms in total. The van der Waals surface area contributed by atoms with Crippen LogP contribution < -0.4 is 0 Å². The average molecular weight is 218 g/mol. The summed E-state index contributed by atoms with van der Waals surface area (Å²) < 4.78 is 5.66. The number of aliphatic hydroxyl groups excluding tert-OH is 1. The molecule has 0 radical (unpaired) electrons. The summed E-state index contributed by atoms with van der Waals surface area (Å²) in [7, 11) is 0. The Bertz CT molecular complexity index is 332. The van der Waals surface area contributed by atoms with Crippen LogP contribution in [0.15, 0.2) is 42.5 Å². The normalized spacial score (nSPS) is 24.6. The van der Waals surface area contributed by atoms with E-state index >= 15 is 0 Å². The fourth-order valence-corrected chi connectivity index (χ4v) is 1.90. The summed E-state index contributed by atoms with van der Waals surface area (Å²) in [5.41, 5.74) is 1.21. The van der Waals surface area contributed by atoms with Crippen LogP contribution in [0.2, 0.25) is 0 Å². The molecule has 2 rings (SSSR count). The highest BCUT2D eigenvalue weighted by Gasteiger charge is 2.13. The minimum absolute atomic E-state index is 0.245. The molecule has 0 bridgehead atoms. The van der Waals surface area contributed by atoms with Gasteiger partial charge in [-0.3, -0.25) is 0 Å². The molecular formula is C14H18O2. The van der Waals surface area contributed by atoms with Crippen LogP contribution in [0.5, 0.6) is 0 Å². The van der Waals surface area contributed by atoms with Crippen molar-refractivity contribution < 1.29 is 9.84 Å². The van der Waals surface area contributed by atoms with Crippen LogP contribution >= 0.6 is 0 Å². The third-order valence-electron chi connectivity index (χ3n) is 2.88. The Morgan fingerprint density at radius 1 is 1.12 bits per heavy atom. The Hall–Kier alpha value is -1.12. The second-order valence-corrected chi connectivity index (χ2v) is 4.29. The molecule has 0 aromatic heterocycles. The number of hydrogen-bond donors (Lipinski definition) is 1. The number of benzene rings is 1. The molecule has 2 heteroatoms. The average Bonchev–Trinajstić information content (AvgIpc) is 2.33. The molecule has 0 saturated carbocycles. The zero-order valence-corrected chi connectivity index (χ0v) is 9.38. The SMILES string of the molecule is O[C@H]1C=C[C@@H](COCc2ccccc2)CC1. The number of aliphatic hydroxyl groups is 1. The van der Waals surface area contributed by atoms with Crippen molar-refractivity contribution in [2.45, 2.75) is 25.6 Å². The molecule has 1 aliphatic carbocycles. The van der Waals surface area contributed by atoms with E-state index in [1.165, 1.54) is 5.56 Å². The van der Waals surface area contributed by atoms with E-state index in [1.807, 2.05) is 24.3 Å². The van der Waals surface area contributed by atoms with Crippen LogP contribution in [0.25, 0.3) is 0 Å². The Morgan fingerprint density at radius 3 is 2.62 bits per heavy atom. The third kappa shape index (κ3) is 3.47. The maximum Gasteiger partial charge on any atom is 0.0721 e. The fourth-order valence-electron chi connectivity index (χ4n) is 1.90. The van der Waals surface area contributed by atoms with Crippen LogP contribution in [0, 0.1) is 5.92 Å². The summed E-state index contributed by atoms with van der Waals surface area (Å²) in [5.74, 6) is 0.465. The molecule has 0 saturated heterocycles. The minimum atomic E-state index is -0.245. The first-order valence-electron chi connectivity index (χ1n) is 5.82. The Morgan fingerprint density at radius 2 is 1.94 bits per heavy atom. The smallest absolute Gasteiger partial charge is 0.0721 e. The van der Waals surface area contributed by atoms with E-state index in [1.54, 1.807) is 0 Å². The van der Waals surface area contributed by atoms with Gasteiger partial charge in [-0.15, -0.1) is 0 Å². The van der Waals surface area contributed by atoms with Crippen LogP contribution in [0.4, 0.5) is 0 Å². The van der Waals surface area contributed by atoms with Gasteiger partial charge in [-0.2, -0.15) is 0 Å². The number of ether oxygens (including phenoxy) is 1. The Labute approximate surface area is 96.6 Å². The van der Waals surface area contributed by atoms with Crippen molar-refractivity contribution in [1.82, 2.24) is 0 Å². The summed E-state index contributed by atoms with van der Waals surface area (Å²) in [4.78, 5) is 0. The molecule has 1 aromatic rings. The van der Waals surface area contributed by atoms with E-state index in [2.05, 4.69) is 18.2 Å². The minimum Gasteiger partial charge on any atom is -0.389 e. The largest absolute Gasteiger partial charge is 0.389 e. The zero-order valence-electron chi connectivity index (χ0n) is 9.38. The molecule has 0 unspecified atom stereocenters. The predicted octanol–water partition coefficient (Wildman–Crippen LogP) is 2.53. The summed E-state index contributed by atoms with van der Waals surface area (Å²) in [6.07, 6.45) is 5.58. The van der Waals surface area contributed by atoms with E-state index in [0.717, 1.165) is 19.4 Å². The van der Waals surface area contributed by atoms with Gasteiger partial charge in [0.25, 0.3) is 0 Å². The Kier molecular flexibility index (Phi) is 4.14. The summed E-state index contributed by atoms with van der Waals surface area (Å²) in [5, 5.41) is 9.30. The van der Waals surface area contributed by atoms with E-state index in [-0.39, 0.29) is 6.10 Å². The van der Waals surface area contributed by atoms with Crippen molar-refractivity contribution in [3.8, 4) is 0 Å². The van der Waals surface area contributed by atoms with Gasteiger partial charge >= 0.3 is 0 Å². The molecule has 86 valence electrons. The molecule has 0 amide bonds. The lowest BCUT2D eigenvalue weighted by Gasteiger charge is -2.19. The third-order valence-corrected chi connectivity index (χ3v) is 2.88. The second kappa shape index (κ2) is 5.83. The van der Waals surface area contributed by atoms with Gasteiger partial charge < -0.3 is 9.84 Å². The van der Waals surface area contributed by atoms with Crippen LogP contribution in [-0.4, -0.2) is 17.8 Å². The van der Waals surface area contributed by atoms with E-state index in [4.69, 9.17) is 4.74 Å². The van der Waals surface area contributed by atoms with Gasteiger partial charge in [0.05, 0.1) is 19.3 Å². The second-order valence-electron chi connectivity index (χ2n) is 4.29. The van der Waals surface area contributed by atoms with Gasteiger partial charge in [0, 0.05) is 5.92 Å². The maximum absolute atomic E-state index is 9.30. The van der Waals surface area contributed by atoms with Crippen LogP contribution in [-0.2, 0) is 11.3 Å². The van der Waals surface area contributed by atoms with Crippen molar-refractivity contribution in [2.75, 3.05) is 6.61 Å². The van der Waals surface area contributed by atoms with Gasteiger partial charge in [-0.05, 0) is 18.4 Å². The molecule has 0 spiro atoms. The van der Waals surface area contributed by atoms with Gasteiger partial charge in [-0.1, -0.05) is 42.5 Å². The summed E-state index contributed by atoms with van der Waals surface area (Å²) >= 11 is 0. The summed E-state index contributed by atoms with van der Waals surface area (Å²) in [6.45, 7) is 1.42. The van der Waals surface area contributed by atoms with Gasteiger partial charge in [0.1, 0.15) is 0 Å². The highest BCUT2D eigenvalue weighted by atomic mass is 16.5. The lowest BCUT2D eigenvalue weighted by molar-refractivity contribution is 0.0879. The summed E-state index contributed by atoms with van der Waals surface area (Å²) in [6, 6.07) is 10.2. The van der Waals surface area contributed by atoms with Crippen molar-refractivity contribution >= 4 is 0 Å². The first kappa shape index (κ1) is 11.4. The quantitative estimate of drug-likeness (QED) is 0.787. The highest BCUT2D eigenvalue weighted by molar-refractivity contribution is 5.13. The van der Waals surface area contributed by atoms with Crippen LogP contribution in [0.1, 0.15) is 18.4 Å². The van der Waals surface area contributed by atoms with E-state index in [9.17, 15) is 5.11 Å². The topological polar surface area (TPSA) is 29.5 Å². The van der Waals surface area contributed by atoms with E-state index in [0.29, 0.717) is 12.5 Å². The van der Waals surface area contributed by atoms with Crippen LogP contribution in [0.3, 0.4) is 0 Å². The van der Waals surface area contributed by atoms with Crippen molar-refractivity contribution in [1.29, 1.82) is 0 Å². The lowest BCUT2D eigenvalue weighted by atomic mass is 9.95. The molecule has 16 heavy (non-hydrogen) atoms.